The fourth-order valence-electron chi connectivity index (χ4n) is 1.45. The van der Waals surface area contributed by atoms with Gasteiger partial charge in [-0.2, -0.15) is 0 Å². The van der Waals surface area contributed by atoms with Gasteiger partial charge in [-0.3, -0.25) is 0 Å². The highest BCUT2D eigenvalue weighted by Crippen LogP contribution is 2.14. The molecule has 0 fully saturated rings. The fraction of sp³-hybridized carbons (Fsp3) is 0.800. The summed E-state index contributed by atoms with van der Waals surface area (Å²) >= 11 is 0. The Morgan fingerprint density at radius 3 is 2.64 bits per heavy atom. The average molecular weight is 155 g/mol. The van der Waals surface area contributed by atoms with Crippen LogP contribution in [0.15, 0.2) is 11.8 Å². The first-order valence-corrected chi connectivity index (χ1v) is 4.53. The van der Waals surface area contributed by atoms with Crippen molar-refractivity contribution in [1.29, 1.82) is 0 Å². The van der Waals surface area contributed by atoms with Crippen molar-refractivity contribution in [3.63, 3.8) is 0 Å². The minimum absolute atomic E-state index is 0.838. The maximum Gasteiger partial charge on any atom is 0.00276 e. The van der Waals surface area contributed by atoms with Crippen molar-refractivity contribution in [2.45, 2.75) is 40.0 Å². The number of nitrogens with one attached hydrogen (secondary N) is 1. The lowest BCUT2D eigenvalue weighted by Gasteiger charge is -2.09. The maximum atomic E-state index is 3.05. The molecule has 1 heteroatoms. The molecule has 0 saturated heterocycles. The van der Waals surface area contributed by atoms with Gasteiger partial charge in [-0.05, 0) is 25.5 Å². The molecule has 0 aliphatic carbocycles. The first-order chi connectivity index (χ1) is 5.20. The highest BCUT2D eigenvalue weighted by Gasteiger charge is 2.00. The van der Waals surface area contributed by atoms with Gasteiger partial charge in [0.05, 0.1) is 0 Å². The fourth-order valence-corrected chi connectivity index (χ4v) is 1.45. The zero-order chi connectivity index (χ0) is 8.69. The number of hydrogen-bond acceptors (Lipinski definition) is 1. The van der Waals surface area contributed by atoms with E-state index in [9.17, 15) is 0 Å². The highest BCUT2D eigenvalue weighted by atomic mass is 14.8. The van der Waals surface area contributed by atoms with Gasteiger partial charge in [0.25, 0.3) is 0 Å². The first-order valence-electron chi connectivity index (χ1n) is 4.53. The van der Waals surface area contributed by atoms with E-state index < -0.39 is 0 Å². The zero-order valence-electron chi connectivity index (χ0n) is 8.28. The Labute approximate surface area is 70.9 Å². The van der Waals surface area contributed by atoms with Crippen LogP contribution in [-0.4, -0.2) is 7.05 Å². The minimum atomic E-state index is 0.838. The molecule has 0 spiro atoms. The Balaban J connectivity index is 3.56. The van der Waals surface area contributed by atoms with E-state index in [0.717, 1.165) is 5.92 Å². The Hall–Kier alpha value is -0.460. The molecule has 1 nitrogen and oxygen atoms in total. The summed E-state index contributed by atoms with van der Waals surface area (Å²) in [7, 11) is 1.95. The van der Waals surface area contributed by atoms with Gasteiger partial charge in [0.2, 0.25) is 0 Å². The van der Waals surface area contributed by atoms with E-state index in [-0.39, 0.29) is 0 Å². The lowest BCUT2D eigenvalue weighted by Crippen LogP contribution is -1.99. The highest BCUT2D eigenvalue weighted by molar-refractivity contribution is 4.96. The summed E-state index contributed by atoms with van der Waals surface area (Å²) in [6.07, 6.45) is 5.96. The third-order valence-electron chi connectivity index (χ3n) is 1.84. The number of allylic oxidation sites excluding steroid dienone is 1. The molecule has 0 radical (unpaired) electrons. The zero-order valence-corrected chi connectivity index (χ0v) is 8.28. The predicted octanol–water partition coefficient (Wildman–Crippen LogP) is 2.94. The van der Waals surface area contributed by atoms with Crippen molar-refractivity contribution in [2.75, 3.05) is 7.05 Å². The van der Waals surface area contributed by atoms with E-state index in [1.54, 1.807) is 0 Å². The Bertz CT molecular complexity index is 116. The summed E-state index contributed by atoms with van der Waals surface area (Å²) in [5, 5.41) is 3.05. The number of hydrogen-bond donors (Lipinski definition) is 1. The van der Waals surface area contributed by atoms with Gasteiger partial charge in [0.15, 0.2) is 0 Å². The van der Waals surface area contributed by atoms with E-state index in [0.29, 0.717) is 0 Å². The SMILES string of the molecule is CCCC(C)C/C(C)=C/NC. The largest absolute Gasteiger partial charge is 0.394 e. The summed E-state index contributed by atoms with van der Waals surface area (Å²) in [6, 6.07) is 0. The van der Waals surface area contributed by atoms with E-state index in [4.69, 9.17) is 0 Å². The summed E-state index contributed by atoms with van der Waals surface area (Å²) in [6.45, 7) is 6.74. The van der Waals surface area contributed by atoms with Gasteiger partial charge in [0, 0.05) is 7.05 Å². The Morgan fingerprint density at radius 2 is 2.18 bits per heavy atom. The molecule has 11 heavy (non-hydrogen) atoms. The summed E-state index contributed by atoms with van der Waals surface area (Å²) in [5.74, 6) is 0.838. The second kappa shape index (κ2) is 6.26. The molecule has 0 aromatic rings. The maximum absolute atomic E-state index is 3.05. The van der Waals surface area contributed by atoms with Gasteiger partial charge in [0.1, 0.15) is 0 Å². The molecular weight excluding hydrogens is 134 g/mol. The van der Waals surface area contributed by atoms with Crippen molar-refractivity contribution >= 4 is 0 Å². The molecule has 0 aliphatic heterocycles. The molecule has 0 bridgehead atoms. The van der Waals surface area contributed by atoms with Crippen LogP contribution in [0, 0.1) is 5.92 Å². The van der Waals surface area contributed by atoms with Crippen LogP contribution in [0.3, 0.4) is 0 Å². The third kappa shape index (κ3) is 5.96. The molecule has 0 aromatic heterocycles. The molecule has 0 saturated carbocycles. The lowest BCUT2D eigenvalue weighted by atomic mass is 9.98. The molecule has 66 valence electrons. The monoisotopic (exact) mass is 155 g/mol. The predicted molar refractivity (Wildman–Crippen MR) is 51.5 cm³/mol. The van der Waals surface area contributed by atoms with E-state index in [1.165, 1.54) is 24.8 Å². The minimum Gasteiger partial charge on any atom is -0.394 e. The topological polar surface area (TPSA) is 12.0 Å². The van der Waals surface area contributed by atoms with E-state index >= 15 is 0 Å². The normalized spacial score (nSPS) is 14.7. The van der Waals surface area contributed by atoms with E-state index in [2.05, 4.69) is 32.3 Å². The van der Waals surface area contributed by atoms with Crippen LogP contribution < -0.4 is 5.32 Å². The molecule has 0 aliphatic rings. The number of rotatable bonds is 5. The van der Waals surface area contributed by atoms with Crippen LogP contribution in [-0.2, 0) is 0 Å². The second-order valence-electron chi connectivity index (χ2n) is 3.38. The van der Waals surface area contributed by atoms with E-state index in [1.807, 2.05) is 7.05 Å². The van der Waals surface area contributed by atoms with Crippen molar-refractivity contribution < 1.29 is 0 Å². The Kier molecular flexibility index (Phi) is 6.00. The smallest absolute Gasteiger partial charge is 0.00276 e. The lowest BCUT2D eigenvalue weighted by molar-refractivity contribution is 0.519. The molecule has 0 heterocycles. The summed E-state index contributed by atoms with van der Waals surface area (Å²) in [4.78, 5) is 0. The van der Waals surface area contributed by atoms with Crippen LogP contribution in [0.4, 0.5) is 0 Å². The van der Waals surface area contributed by atoms with Gasteiger partial charge in [-0.15, -0.1) is 0 Å². The molecule has 1 unspecified atom stereocenters. The van der Waals surface area contributed by atoms with Crippen LogP contribution in [0.2, 0.25) is 0 Å². The third-order valence-corrected chi connectivity index (χ3v) is 1.84. The van der Waals surface area contributed by atoms with Gasteiger partial charge >= 0.3 is 0 Å². The molecule has 0 rings (SSSR count). The standard InChI is InChI=1S/C10H21N/c1-5-6-9(2)7-10(3)8-11-4/h8-9,11H,5-7H2,1-4H3/b10-8+. The van der Waals surface area contributed by atoms with Crippen LogP contribution >= 0.6 is 0 Å². The molecular formula is C10H21N. The summed E-state index contributed by atoms with van der Waals surface area (Å²) in [5.41, 5.74) is 1.45. The summed E-state index contributed by atoms with van der Waals surface area (Å²) < 4.78 is 0. The van der Waals surface area contributed by atoms with Crippen molar-refractivity contribution in [1.82, 2.24) is 5.32 Å². The average Bonchev–Trinajstić information content (AvgIpc) is 1.87. The van der Waals surface area contributed by atoms with Crippen molar-refractivity contribution in [3.05, 3.63) is 11.8 Å². The molecule has 0 amide bonds. The Morgan fingerprint density at radius 1 is 1.55 bits per heavy atom. The van der Waals surface area contributed by atoms with Gasteiger partial charge in [-0.1, -0.05) is 32.3 Å². The second-order valence-corrected chi connectivity index (χ2v) is 3.38. The first kappa shape index (κ1) is 10.5. The van der Waals surface area contributed by atoms with Crippen molar-refractivity contribution in [2.24, 2.45) is 5.92 Å². The van der Waals surface area contributed by atoms with Gasteiger partial charge in [-0.25, -0.2) is 0 Å². The van der Waals surface area contributed by atoms with Crippen LogP contribution in [0.1, 0.15) is 40.0 Å². The van der Waals surface area contributed by atoms with Gasteiger partial charge < -0.3 is 5.32 Å². The van der Waals surface area contributed by atoms with Crippen LogP contribution in [0.25, 0.3) is 0 Å². The molecule has 1 N–H and O–H groups in total. The molecule has 0 aromatic carbocycles. The van der Waals surface area contributed by atoms with Crippen LogP contribution in [0.5, 0.6) is 0 Å². The quantitative estimate of drug-likeness (QED) is 0.643. The van der Waals surface area contributed by atoms with Crippen molar-refractivity contribution in [3.8, 4) is 0 Å². The molecule has 1 atom stereocenters.